The summed E-state index contributed by atoms with van der Waals surface area (Å²) in [5.41, 5.74) is 1.43. The highest BCUT2D eigenvalue weighted by molar-refractivity contribution is 5.99. The Balaban J connectivity index is 1.67. The van der Waals surface area contributed by atoms with Gasteiger partial charge in [-0.3, -0.25) is 9.78 Å². The predicted octanol–water partition coefficient (Wildman–Crippen LogP) is 1.63. The summed E-state index contributed by atoms with van der Waals surface area (Å²) in [5.74, 6) is 0.0340. The SMILES string of the molecule is O=C1CC[C@@H](NC(=O)Nc2cccc3cccnc23)CN1. The highest BCUT2D eigenvalue weighted by Gasteiger charge is 2.19. The maximum Gasteiger partial charge on any atom is 0.319 e. The lowest BCUT2D eigenvalue weighted by molar-refractivity contribution is -0.122. The van der Waals surface area contributed by atoms with Gasteiger partial charge >= 0.3 is 6.03 Å². The van der Waals surface area contributed by atoms with Crippen LogP contribution >= 0.6 is 0 Å². The number of hydrogen-bond donors (Lipinski definition) is 3. The van der Waals surface area contributed by atoms with Crippen molar-refractivity contribution in [2.75, 3.05) is 11.9 Å². The molecule has 3 amide bonds. The molecule has 2 heterocycles. The van der Waals surface area contributed by atoms with Gasteiger partial charge in [0, 0.05) is 30.6 Å². The predicted molar refractivity (Wildman–Crippen MR) is 79.9 cm³/mol. The number of benzene rings is 1. The monoisotopic (exact) mass is 284 g/mol. The number of urea groups is 1. The highest BCUT2D eigenvalue weighted by atomic mass is 16.2. The molecule has 0 spiro atoms. The summed E-state index contributed by atoms with van der Waals surface area (Å²) in [6.07, 6.45) is 2.80. The number of para-hydroxylation sites is 1. The Labute approximate surface area is 121 Å². The van der Waals surface area contributed by atoms with Crippen LogP contribution in [0, 0.1) is 0 Å². The fraction of sp³-hybridized carbons (Fsp3) is 0.267. The molecular formula is C15H16N4O2. The van der Waals surface area contributed by atoms with Crippen LogP contribution in [0.2, 0.25) is 0 Å². The molecule has 1 aliphatic heterocycles. The Morgan fingerprint density at radius 1 is 1.29 bits per heavy atom. The van der Waals surface area contributed by atoms with Crippen LogP contribution in [0.3, 0.4) is 0 Å². The van der Waals surface area contributed by atoms with Crippen LogP contribution in [-0.2, 0) is 4.79 Å². The Bertz CT molecular complexity index is 671. The Morgan fingerprint density at radius 3 is 2.95 bits per heavy atom. The van der Waals surface area contributed by atoms with E-state index < -0.39 is 0 Å². The number of nitrogens with one attached hydrogen (secondary N) is 3. The van der Waals surface area contributed by atoms with Gasteiger partial charge in [-0.25, -0.2) is 4.79 Å². The van der Waals surface area contributed by atoms with Gasteiger partial charge in [-0.05, 0) is 18.6 Å². The minimum absolute atomic E-state index is 0.0340. The molecule has 1 aliphatic rings. The summed E-state index contributed by atoms with van der Waals surface area (Å²) < 4.78 is 0. The van der Waals surface area contributed by atoms with Gasteiger partial charge in [0.05, 0.1) is 11.2 Å². The van der Waals surface area contributed by atoms with Gasteiger partial charge in [0.1, 0.15) is 0 Å². The zero-order chi connectivity index (χ0) is 14.7. The zero-order valence-electron chi connectivity index (χ0n) is 11.4. The maximum absolute atomic E-state index is 12.0. The molecule has 0 aliphatic carbocycles. The van der Waals surface area contributed by atoms with Crippen molar-refractivity contribution in [1.29, 1.82) is 0 Å². The third-order valence-electron chi connectivity index (χ3n) is 3.48. The summed E-state index contributed by atoms with van der Waals surface area (Å²) >= 11 is 0. The van der Waals surface area contributed by atoms with Crippen LogP contribution in [-0.4, -0.2) is 29.5 Å². The first kappa shape index (κ1) is 13.4. The third-order valence-corrected chi connectivity index (χ3v) is 3.48. The number of piperidine rings is 1. The lowest BCUT2D eigenvalue weighted by Crippen LogP contribution is -2.48. The zero-order valence-corrected chi connectivity index (χ0v) is 11.4. The van der Waals surface area contributed by atoms with Crippen molar-refractivity contribution >= 4 is 28.5 Å². The number of rotatable bonds is 2. The number of aromatic nitrogens is 1. The molecule has 6 nitrogen and oxygen atoms in total. The van der Waals surface area contributed by atoms with Gasteiger partial charge in [-0.2, -0.15) is 0 Å². The van der Waals surface area contributed by atoms with Crippen molar-refractivity contribution < 1.29 is 9.59 Å². The lowest BCUT2D eigenvalue weighted by atomic mass is 10.1. The van der Waals surface area contributed by atoms with Gasteiger partial charge in [-0.1, -0.05) is 18.2 Å². The number of pyridine rings is 1. The summed E-state index contributed by atoms with van der Waals surface area (Å²) in [4.78, 5) is 27.4. The second-order valence-electron chi connectivity index (χ2n) is 5.02. The van der Waals surface area contributed by atoms with E-state index in [0.29, 0.717) is 25.1 Å². The topological polar surface area (TPSA) is 83.1 Å². The van der Waals surface area contributed by atoms with Gasteiger partial charge in [-0.15, -0.1) is 0 Å². The Kier molecular flexibility index (Phi) is 3.68. The minimum Gasteiger partial charge on any atom is -0.354 e. The number of carbonyl (C=O) groups excluding carboxylic acids is 2. The molecule has 0 saturated carbocycles. The average Bonchev–Trinajstić information content (AvgIpc) is 2.50. The smallest absolute Gasteiger partial charge is 0.319 e. The van der Waals surface area contributed by atoms with E-state index >= 15 is 0 Å². The third kappa shape index (κ3) is 3.10. The van der Waals surface area contributed by atoms with Crippen molar-refractivity contribution in [1.82, 2.24) is 15.6 Å². The van der Waals surface area contributed by atoms with Crippen molar-refractivity contribution in [2.24, 2.45) is 0 Å². The second-order valence-corrected chi connectivity index (χ2v) is 5.02. The maximum atomic E-state index is 12.0. The van der Waals surface area contributed by atoms with E-state index in [9.17, 15) is 9.59 Å². The number of hydrogen-bond acceptors (Lipinski definition) is 3. The molecule has 0 unspecified atom stereocenters. The van der Waals surface area contributed by atoms with Crippen molar-refractivity contribution in [3.63, 3.8) is 0 Å². The highest BCUT2D eigenvalue weighted by Crippen LogP contribution is 2.20. The Hall–Kier alpha value is -2.63. The number of amides is 3. The summed E-state index contributed by atoms with van der Waals surface area (Å²) in [7, 11) is 0. The van der Waals surface area contributed by atoms with Crippen molar-refractivity contribution in [3.8, 4) is 0 Å². The minimum atomic E-state index is -0.283. The summed E-state index contributed by atoms with van der Waals surface area (Å²) in [6, 6.07) is 9.12. The van der Waals surface area contributed by atoms with E-state index in [2.05, 4.69) is 20.9 Å². The lowest BCUT2D eigenvalue weighted by Gasteiger charge is -2.23. The first-order valence-corrected chi connectivity index (χ1v) is 6.90. The molecule has 0 bridgehead atoms. The van der Waals surface area contributed by atoms with Gasteiger partial charge < -0.3 is 16.0 Å². The largest absolute Gasteiger partial charge is 0.354 e. The Morgan fingerprint density at radius 2 is 2.14 bits per heavy atom. The first-order chi connectivity index (χ1) is 10.2. The van der Waals surface area contributed by atoms with E-state index in [1.54, 1.807) is 6.20 Å². The van der Waals surface area contributed by atoms with E-state index in [4.69, 9.17) is 0 Å². The number of anilines is 1. The van der Waals surface area contributed by atoms with Gasteiger partial charge in [0.25, 0.3) is 0 Å². The van der Waals surface area contributed by atoms with Crippen LogP contribution < -0.4 is 16.0 Å². The molecule has 108 valence electrons. The van der Waals surface area contributed by atoms with E-state index in [1.165, 1.54) is 0 Å². The molecule has 1 aromatic heterocycles. The van der Waals surface area contributed by atoms with E-state index in [1.807, 2.05) is 30.3 Å². The second kappa shape index (κ2) is 5.78. The van der Waals surface area contributed by atoms with Crippen LogP contribution in [0.1, 0.15) is 12.8 Å². The number of nitrogens with zero attached hydrogens (tertiary/aromatic N) is 1. The molecular weight excluding hydrogens is 268 g/mol. The first-order valence-electron chi connectivity index (χ1n) is 6.90. The van der Waals surface area contributed by atoms with Crippen molar-refractivity contribution in [2.45, 2.75) is 18.9 Å². The number of carbonyl (C=O) groups is 2. The van der Waals surface area contributed by atoms with Crippen LogP contribution in [0.15, 0.2) is 36.5 Å². The molecule has 1 atom stereocenters. The molecule has 1 fully saturated rings. The quantitative estimate of drug-likeness (QED) is 0.784. The molecule has 3 rings (SSSR count). The molecule has 2 aromatic rings. The average molecular weight is 284 g/mol. The van der Waals surface area contributed by atoms with Gasteiger partial charge in [0.15, 0.2) is 0 Å². The molecule has 1 aromatic carbocycles. The van der Waals surface area contributed by atoms with Gasteiger partial charge in [0.2, 0.25) is 5.91 Å². The molecule has 3 N–H and O–H groups in total. The van der Waals surface area contributed by atoms with Crippen LogP contribution in [0.4, 0.5) is 10.5 Å². The normalized spacial score (nSPS) is 18.1. The standard InChI is InChI=1S/C15H16N4O2/c20-13-7-6-11(9-17-13)18-15(21)19-12-5-1-3-10-4-2-8-16-14(10)12/h1-5,8,11H,6-7,9H2,(H,17,20)(H2,18,19,21)/t11-/m1/s1. The summed E-state index contributed by atoms with van der Waals surface area (Å²) in [5, 5.41) is 9.39. The van der Waals surface area contributed by atoms with E-state index in [0.717, 1.165) is 10.9 Å². The summed E-state index contributed by atoms with van der Waals surface area (Å²) in [6.45, 7) is 0.472. The fourth-order valence-electron chi connectivity index (χ4n) is 2.40. The number of fused-ring (bicyclic) bond motifs is 1. The van der Waals surface area contributed by atoms with E-state index in [-0.39, 0.29) is 18.0 Å². The molecule has 1 saturated heterocycles. The molecule has 0 radical (unpaired) electrons. The van der Waals surface area contributed by atoms with Crippen LogP contribution in [0.25, 0.3) is 10.9 Å². The van der Waals surface area contributed by atoms with Crippen molar-refractivity contribution in [3.05, 3.63) is 36.5 Å². The molecule has 6 heteroatoms. The molecule has 21 heavy (non-hydrogen) atoms. The fourth-order valence-corrected chi connectivity index (χ4v) is 2.40. The van der Waals surface area contributed by atoms with Crippen LogP contribution in [0.5, 0.6) is 0 Å².